The van der Waals surface area contributed by atoms with E-state index in [0.29, 0.717) is 16.6 Å². The second-order valence-electron chi connectivity index (χ2n) is 12.0. The van der Waals surface area contributed by atoms with Crippen LogP contribution in [0.25, 0.3) is 0 Å². The summed E-state index contributed by atoms with van der Waals surface area (Å²) < 4.78 is 0. The van der Waals surface area contributed by atoms with Gasteiger partial charge in [-0.25, -0.2) is 0 Å². The molecule has 0 spiro atoms. The molecule has 3 aromatic rings. The van der Waals surface area contributed by atoms with E-state index in [4.69, 9.17) is 23.2 Å². The summed E-state index contributed by atoms with van der Waals surface area (Å²) in [6.45, 7) is 5.93. The van der Waals surface area contributed by atoms with Crippen molar-refractivity contribution < 1.29 is 9.59 Å². The fraction of sp³-hybridized carbons (Fsp3) is 0.429. The van der Waals surface area contributed by atoms with E-state index < -0.39 is 0 Å². The average Bonchev–Trinajstić information content (AvgIpc) is 3.03. The van der Waals surface area contributed by atoms with E-state index in [1.54, 1.807) is 6.92 Å². The molecule has 0 radical (unpaired) electrons. The molecule has 5 rings (SSSR count). The number of hydrogen-bond acceptors (Lipinski definition) is 3. The van der Waals surface area contributed by atoms with Crippen molar-refractivity contribution in [1.82, 2.24) is 14.7 Å². The van der Waals surface area contributed by atoms with E-state index in [2.05, 4.69) is 35.2 Å². The van der Waals surface area contributed by atoms with Gasteiger partial charge in [-0.3, -0.25) is 9.59 Å². The summed E-state index contributed by atoms with van der Waals surface area (Å²) in [6.07, 6.45) is 5.73. The molecule has 5 nitrogen and oxygen atoms in total. The lowest BCUT2D eigenvalue weighted by Gasteiger charge is -2.48. The van der Waals surface area contributed by atoms with Crippen LogP contribution in [0.3, 0.4) is 0 Å². The lowest BCUT2D eigenvalue weighted by atomic mass is 9.70. The lowest BCUT2D eigenvalue weighted by Crippen LogP contribution is -2.53. The van der Waals surface area contributed by atoms with Crippen LogP contribution in [0.15, 0.2) is 78.9 Å². The first-order valence-electron chi connectivity index (χ1n) is 15.1. The van der Waals surface area contributed by atoms with Crippen LogP contribution in [0, 0.1) is 0 Å². The molecule has 222 valence electrons. The number of hydrogen-bond donors (Lipinski definition) is 0. The Hall–Kier alpha value is -2.86. The molecule has 2 fully saturated rings. The Morgan fingerprint density at radius 3 is 2.14 bits per heavy atom. The molecule has 2 aliphatic heterocycles. The highest BCUT2D eigenvalue weighted by atomic mass is 35.5. The van der Waals surface area contributed by atoms with Gasteiger partial charge in [0.2, 0.25) is 5.91 Å². The van der Waals surface area contributed by atoms with Gasteiger partial charge in [0.05, 0.1) is 15.6 Å². The summed E-state index contributed by atoms with van der Waals surface area (Å²) >= 11 is 12.8. The predicted molar refractivity (Wildman–Crippen MR) is 171 cm³/mol. The van der Waals surface area contributed by atoms with Crippen molar-refractivity contribution in [2.45, 2.75) is 56.4 Å². The highest BCUT2D eigenvalue weighted by molar-refractivity contribution is 6.42. The van der Waals surface area contributed by atoms with E-state index in [1.807, 2.05) is 65.4 Å². The minimum atomic E-state index is -0.271. The average molecular weight is 607 g/mol. The van der Waals surface area contributed by atoms with Crippen molar-refractivity contribution in [3.63, 3.8) is 0 Å². The highest BCUT2D eigenvalue weighted by Gasteiger charge is 2.42. The van der Waals surface area contributed by atoms with Gasteiger partial charge in [-0.2, -0.15) is 0 Å². The van der Waals surface area contributed by atoms with Gasteiger partial charge in [0, 0.05) is 51.1 Å². The third-order valence-electron chi connectivity index (χ3n) is 9.66. The van der Waals surface area contributed by atoms with Crippen LogP contribution in [-0.4, -0.2) is 66.3 Å². The number of halogens is 2. The minimum Gasteiger partial charge on any atom is -0.338 e. The second-order valence-corrected chi connectivity index (χ2v) is 12.8. The number of nitrogens with zero attached hydrogens (tertiary/aromatic N) is 3. The smallest absolute Gasteiger partial charge is 0.253 e. The minimum absolute atomic E-state index is 0.0857. The molecule has 2 amide bonds. The lowest BCUT2D eigenvalue weighted by molar-refractivity contribution is -0.136. The van der Waals surface area contributed by atoms with E-state index in [0.717, 1.165) is 75.8 Å². The van der Waals surface area contributed by atoms with Crippen molar-refractivity contribution in [2.75, 3.05) is 39.8 Å². The summed E-state index contributed by atoms with van der Waals surface area (Å²) in [5, 5.41) is 1.11. The Morgan fingerprint density at radius 2 is 1.50 bits per heavy atom. The van der Waals surface area contributed by atoms with Crippen molar-refractivity contribution in [1.29, 1.82) is 0 Å². The van der Waals surface area contributed by atoms with Crippen LogP contribution in [0.1, 0.15) is 66.9 Å². The molecular weight excluding hydrogens is 565 g/mol. The van der Waals surface area contributed by atoms with Crippen molar-refractivity contribution in [3.8, 4) is 0 Å². The molecule has 0 aliphatic carbocycles. The van der Waals surface area contributed by atoms with Gasteiger partial charge in [-0.05, 0) is 80.5 Å². The normalized spacial score (nSPS) is 20.7. The van der Waals surface area contributed by atoms with Crippen LogP contribution in [0.4, 0.5) is 0 Å². The van der Waals surface area contributed by atoms with E-state index >= 15 is 0 Å². The second kappa shape index (κ2) is 13.2. The third kappa shape index (κ3) is 6.39. The van der Waals surface area contributed by atoms with E-state index in [9.17, 15) is 9.59 Å². The summed E-state index contributed by atoms with van der Waals surface area (Å²) in [5.74, 6) is 0.186. The van der Waals surface area contributed by atoms with Crippen molar-refractivity contribution in [2.24, 2.45) is 0 Å². The zero-order valence-electron chi connectivity index (χ0n) is 24.7. The van der Waals surface area contributed by atoms with Gasteiger partial charge in [0.25, 0.3) is 5.91 Å². The SMILES string of the molecule is CC(=O)N(C)C1(c2ccccc2)CCN(CCC[C@@]2(c3ccc(Cl)c(Cl)c3)CCCN(C(=O)c3ccccc3)C2)CC1. The number of benzene rings is 3. The van der Waals surface area contributed by atoms with E-state index in [-0.39, 0.29) is 22.8 Å². The number of likely N-dealkylation sites (tertiary alicyclic amines) is 2. The van der Waals surface area contributed by atoms with Crippen LogP contribution < -0.4 is 0 Å². The van der Waals surface area contributed by atoms with Gasteiger partial charge in [0.1, 0.15) is 0 Å². The first kappa shape index (κ1) is 30.6. The summed E-state index contributed by atoms with van der Waals surface area (Å²) in [4.78, 5) is 32.5. The predicted octanol–water partition coefficient (Wildman–Crippen LogP) is 7.42. The maximum atomic E-state index is 13.5. The number of piperidine rings is 2. The van der Waals surface area contributed by atoms with Crippen molar-refractivity contribution in [3.05, 3.63) is 106 Å². The molecule has 3 aromatic carbocycles. The highest BCUT2D eigenvalue weighted by Crippen LogP contribution is 2.42. The number of amides is 2. The molecule has 0 saturated carbocycles. The Morgan fingerprint density at radius 1 is 0.833 bits per heavy atom. The number of rotatable bonds is 8. The Labute approximate surface area is 260 Å². The fourth-order valence-electron chi connectivity index (χ4n) is 7.13. The molecule has 2 heterocycles. The van der Waals surface area contributed by atoms with Crippen LogP contribution >= 0.6 is 23.2 Å². The first-order chi connectivity index (χ1) is 20.2. The van der Waals surface area contributed by atoms with E-state index in [1.165, 1.54) is 5.56 Å². The Bertz CT molecular complexity index is 1380. The molecule has 2 aliphatic rings. The summed E-state index contributed by atoms with van der Waals surface area (Å²) in [6, 6.07) is 26.0. The standard InChI is InChI=1S/C35H41Cl2N3O2/c1-27(41)38(2)35(29-13-7-4-8-14-29)19-23-39(24-20-35)21-9-17-34(30-15-16-31(36)32(37)25-30)18-10-22-40(26-34)33(42)28-11-5-3-6-12-28/h3-8,11-16,25H,9-10,17-24,26H2,1-2H3/t34-/m1/s1. The van der Waals surface area contributed by atoms with Gasteiger partial charge in [-0.15, -0.1) is 0 Å². The van der Waals surface area contributed by atoms with Crippen LogP contribution in [0.5, 0.6) is 0 Å². The van der Waals surface area contributed by atoms with Gasteiger partial charge < -0.3 is 14.7 Å². The van der Waals surface area contributed by atoms with Crippen LogP contribution in [0.2, 0.25) is 10.0 Å². The zero-order valence-corrected chi connectivity index (χ0v) is 26.2. The summed E-state index contributed by atoms with van der Waals surface area (Å²) in [5.41, 5.74) is 2.65. The summed E-state index contributed by atoms with van der Waals surface area (Å²) in [7, 11) is 1.94. The maximum absolute atomic E-state index is 13.5. The quantitative estimate of drug-likeness (QED) is 0.268. The number of carbonyl (C=O) groups is 2. The third-order valence-corrected chi connectivity index (χ3v) is 10.4. The molecular formula is C35H41Cl2N3O2. The molecule has 0 bridgehead atoms. The molecule has 42 heavy (non-hydrogen) atoms. The molecule has 1 atom stereocenters. The maximum Gasteiger partial charge on any atom is 0.253 e. The largest absolute Gasteiger partial charge is 0.338 e. The first-order valence-corrected chi connectivity index (χ1v) is 15.8. The van der Waals surface area contributed by atoms with Crippen molar-refractivity contribution >= 4 is 35.0 Å². The van der Waals surface area contributed by atoms with Gasteiger partial charge >= 0.3 is 0 Å². The number of carbonyl (C=O) groups excluding carboxylic acids is 2. The van der Waals surface area contributed by atoms with Gasteiger partial charge in [-0.1, -0.05) is 77.8 Å². The fourth-order valence-corrected chi connectivity index (χ4v) is 7.43. The molecule has 2 saturated heterocycles. The monoisotopic (exact) mass is 605 g/mol. The zero-order chi connectivity index (χ0) is 29.7. The molecule has 7 heteroatoms. The Balaban J connectivity index is 1.30. The van der Waals surface area contributed by atoms with Gasteiger partial charge in [0.15, 0.2) is 0 Å². The Kier molecular flexibility index (Phi) is 9.61. The topological polar surface area (TPSA) is 43.9 Å². The van der Waals surface area contributed by atoms with Crippen LogP contribution in [-0.2, 0) is 15.7 Å². The molecule has 0 unspecified atom stereocenters. The molecule has 0 N–H and O–H groups in total. The molecule has 0 aromatic heterocycles.